The number of rotatable bonds is 3. The number of halogens is 1. The number of hydrogen-bond donors (Lipinski definition) is 1. The van der Waals surface area contributed by atoms with Gasteiger partial charge < -0.3 is 15.0 Å². The molecule has 1 N–H and O–H groups in total. The molecular formula is C14H19ClN4O2S. The number of likely N-dealkylation sites (tertiary alicyclic amines) is 1. The van der Waals surface area contributed by atoms with Crippen molar-refractivity contribution in [3.05, 3.63) is 18.3 Å². The summed E-state index contributed by atoms with van der Waals surface area (Å²) < 4.78 is 5.02. The number of nitrogens with one attached hydrogen (secondary N) is 1. The summed E-state index contributed by atoms with van der Waals surface area (Å²) in [5, 5.41) is 4.35. The first-order valence-electron chi connectivity index (χ1n) is 7.16. The lowest BCUT2D eigenvalue weighted by atomic mass is 10.1. The van der Waals surface area contributed by atoms with E-state index in [2.05, 4.69) is 15.3 Å². The number of amides is 1. The van der Waals surface area contributed by atoms with Gasteiger partial charge in [-0.3, -0.25) is 0 Å². The second kappa shape index (κ2) is 7.60. The molecule has 0 spiro atoms. The van der Waals surface area contributed by atoms with E-state index in [0.717, 1.165) is 41.4 Å². The van der Waals surface area contributed by atoms with E-state index in [9.17, 15) is 4.79 Å². The summed E-state index contributed by atoms with van der Waals surface area (Å²) in [6.07, 6.45) is 3.38. The lowest BCUT2D eigenvalue weighted by molar-refractivity contribution is 0.0983. The van der Waals surface area contributed by atoms with Gasteiger partial charge in [0.05, 0.1) is 6.61 Å². The van der Waals surface area contributed by atoms with E-state index in [1.165, 1.54) is 0 Å². The van der Waals surface area contributed by atoms with Crippen molar-refractivity contribution in [2.75, 3.05) is 25.0 Å². The van der Waals surface area contributed by atoms with Crippen molar-refractivity contribution in [1.29, 1.82) is 0 Å². The summed E-state index contributed by atoms with van der Waals surface area (Å²) in [5.41, 5.74) is 0.925. The monoisotopic (exact) mass is 342 g/mol. The summed E-state index contributed by atoms with van der Waals surface area (Å²) in [4.78, 5) is 23.2. The van der Waals surface area contributed by atoms with E-state index < -0.39 is 0 Å². The summed E-state index contributed by atoms with van der Waals surface area (Å²) in [6.45, 7) is 3.70. The van der Waals surface area contributed by atoms with Crippen molar-refractivity contribution in [3.63, 3.8) is 0 Å². The largest absolute Gasteiger partial charge is 0.450 e. The molecule has 6 nitrogen and oxygen atoms in total. The highest BCUT2D eigenvalue weighted by atomic mass is 35.5. The predicted octanol–water partition coefficient (Wildman–Crippen LogP) is 3.15. The number of ether oxygens (including phenoxy) is 1. The standard InChI is InChI=1S/C14H18N4O2S.ClH/c1-2-20-14(19)18-8-5-10(6-9-18)16-13-17-11-4-3-7-15-12(11)21-13;/h3-4,7,10H,2,5-6,8-9H2,1H3,(H,16,17);1H. The minimum absolute atomic E-state index is 0. The summed E-state index contributed by atoms with van der Waals surface area (Å²) >= 11 is 1.57. The number of thiazole rings is 1. The Balaban J connectivity index is 0.00000176. The van der Waals surface area contributed by atoms with Crippen molar-refractivity contribution in [2.45, 2.75) is 25.8 Å². The maximum atomic E-state index is 11.6. The van der Waals surface area contributed by atoms with Crippen LogP contribution in [0.3, 0.4) is 0 Å². The number of pyridine rings is 1. The molecule has 1 aliphatic heterocycles. The molecule has 0 aliphatic carbocycles. The van der Waals surface area contributed by atoms with Crippen molar-refractivity contribution < 1.29 is 9.53 Å². The fraction of sp³-hybridized carbons (Fsp3) is 0.500. The van der Waals surface area contributed by atoms with Crippen LogP contribution in [0.2, 0.25) is 0 Å². The predicted molar refractivity (Wildman–Crippen MR) is 89.9 cm³/mol. The van der Waals surface area contributed by atoms with Gasteiger partial charge in [0.2, 0.25) is 0 Å². The summed E-state index contributed by atoms with van der Waals surface area (Å²) in [7, 11) is 0. The molecule has 3 rings (SSSR count). The van der Waals surface area contributed by atoms with Gasteiger partial charge in [-0.1, -0.05) is 11.3 Å². The third-order valence-corrected chi connectivity index (χ3v) is 4.43. The van der Waals surface area contributed by atoms with Crippen LogP contribution >= 0.6 is 23.7 Å². The fourth-order valence-corrected chi connectivity index (χ4v) is 3.31. The lowest BCUT2D eigenvalue weighted by Gasteiger charge is -2.31. The Bertz CT molecular complexity index is 595. The molecule has 22 heavy (non-hydrogen) atoms. The second-order valence-corrected chi connectivity index (χ2v) is 5.93. The highest BCUT2D eigenvalue weighted by Crippen LogP contribution is 2.25. The molecule has 120 valence electrons. The molecule has 2 aromatic rings. The maximum Gasteiger partial charge on any atom is 0.409 e. The Morgan fingerprint density at radius 3 is 2.95 bits per heavy atom. The second-order valence-electron chi connectivity index (χ2n) is 4.95. The molecule has 2 aromatic heterocycles. The summed E-state index contributed by atoms with van der Waals surface area (Å²) in [6, 6.07) is 4.20. The van der Waals surface area contributed by atoms with Crippen LogP contribution in [0.25, 0.3) is 10.3 Å². The average Bonchev–Trinajstić information content (AvgIpc) is 2.90. The van der Waals surface area contributed by atoms with Gasteiger partial charge in [-0.2, -0.15) is 0 Å². The zero-order valence-corrected chi connectivity index (χ0v) is 14.0. The topological polar surface area (TPSA) is 67.3 Å². The first-order chi connectivity index (χ1) is 10.3. The van der Waals surface area contributed by atoms with E-state index in [0.29, 0.717) is 12.6 Å². The summed E-state index contributed by atoms with van der Waals surface area (Å²) in [5.74, 6) is 0. The number of aromatic nitrogens is 2. The highest BCUT2D eigenvalue weighted by molar-refractivity contribution is 7.21. The molecule has 8 heteroatoms. The van der Waals surface area contributed by atoms with Crippen molar-refractivity contribution in [3.8, 4) is 0 Å². The number of anilines is 1. The van der Waals surface area contributed by atoms with Gasteiger partial charge in [0, 0.05) is 25.3 Å². The molecule has 0 unspecified atom stereocenters. The Hall–Kier alpha value is -1.60. The van der Waals surface area contributed by atoms with Crippen LogP contribution in [0.5, 0.6) is 0 Å². The maximum absolute atomic E-state index is 11.6. The van der Waals surface area contributed by atoms with Gasteiger partial charge in [-0.25, -0.2) is 14.8 Å². The van der Waals surface area contributed by atoms with Crippen LogP contribution in [0.4, 0.5) is 9.93 Å². The third-order valence-electron chi connectivity index (χ3n) is 3.51. The number of piperidine rings is 1. The molecule has 3 heterocycles. The zero-order valence-electron chi connectivity index (χ0n) is 12.3. The van der Waals surface area contributed by atoms with E-state index in [-0.39, 0.29) is 18.5 Å². The number of hydrogen-bond acceptors (Lipinski definition) is 6. The molecule has 1 amide bonds. The minimum Gasteiger partial charge on any atom is -0.450 e. The van der Waals surface area contributed by atoms with E-state index >= 15 is 0 Å². The molecular weight excluding hydrogens is 324 g/mol. The van der Waals surface area contributed by atoms with Crippen molar-refractivity contribution >= 4 is 45.3 Å². The SMILES string of the molecule is CCOC(=O)N1CCC(Nc2nc3cccnc3s2)CC1.Cl. The Morgan fingerprint density at radius 2 is 2.27 bits per heavy atom. The number of nitrogens with zero attached hydrogens (tertiary/aromatic N) is 3. The Kier molecular flexibility index (Phi) is 5.79. The van der Waals surface area contributed by atoms with E-state index in [1.807, 2.05) is 19.1 Å². The third kappa shape index (κ3) is 3.78. The van der Waals surface area contributed by atoms with Gasteiger partial charge in [0.25, 0.3) is 0 Å². The zero-order chi connectivity index (χ0) is 14.7. The van der Waals surface area contributed by atoms with Crippen LogP contribution in [-0.2, 0) is 4.74 Å². The van der Waals surface area contributed by atoms with Crippen LogP contribution in [0, 0.1) is 0 Å². The van der Waals surface area contributed by atoms with Gasteiger partial charge in [-0.05, 0) is 31.9 Å². The first-order valence-corrected chi connectivity index (χ1v) is 7.97. The fourth-order valence-electron chi connectivity index (χ4n) is 2.43. The molecule has 0 atom stereocenters. The van der Waals surface area contributed by atoms with Gasteiger partial charge in [0.1, 0.15) is 10.3 Å². The first kappa shape index (κ1) is 16.8. The normalized spacial score (nSPS) is 15.4. The molecule has 0 aromatic carbocycles. The van der Waals surface area contributed by atoms with Crippen molar-refractivity contribution in [1.82, 2.24) is 14.9 Å². The number of fused-ring (bicyclic) bond motifs is 1. The van der Waals surface area contributed by atoms with Crippen LogP contribution in [0.1, 0.15) is 19.8 Å². The lowest BCUT2D eigenvalue weighted by Crippen LogP contribution is -2.42. The van der Waals surface area contributed by atoms with Gasteiger partial charge >= 0.3 is 6.09 Å². The molecule has 1 saturated heterocycles. The van der Waals surface area contributed by atoms with E-state index in [4.69, 9.17) is 4.74 Å². The number of carbonyl (C=O) groups excluding carboxylic acids is 1. The molecule has 0 radical (unpaired) electrons. The minimum atomic E-state index is -0.208. The van der Waals surface area contributed by atoms with Gasteiger partial charge in [0.15, 0.2) is 5.13 Å². The van der Waals surface area contributed by atoms with Gasteiger partial charge in [-0.15, -0.1) is 12.4 Å². The Labute approximate surface area is 139 Å². The van der Waals surface area contributed by atoms with Crippen LogP contribution in [-0.4, -0.2) is 46.7 Å². The molecule has 0 saturated carbocycles. The smallest absolute Gasteiger partial charge is 0.409 e. The van der Waals surface area contributed by atoms with Crippen molar-refractivity contribution in [2.24, 2.45) is 0 Å². The molecule has 1 aliphatic rings. The number of carbonyl (C=O) groups is 1. The Morgan fingerprint density at radius 1 is 1.50 bits per heavy atom. The molecule has 1 fully saturated rings. The molecule has 0 bridgehead atoms. The quantitative estimate of drug-likeness (QED) is 0.928. The van der Waals surface area contributed by atoms with Crippen LogP contribution in [0.15, 0.2) is 18.3 Å². The van der Waals surface area contributed by atoms with E-state index in [1.54, 1.807) is 22.4 Å². The van der Waals surface area contributed by atoms with Crippen LogP contribution < -0.4 is 5.32 Å². The highest BCUT2D eigenvalue weighted by Gasteiger charge is 2.24. The average molecular weight is 343 g/mol.